The van der Waals surface area contributed by atoms with Gasteiger partial charge in [0.1, 0.15) is 12.4 Å². The molecule has 0 fully saturated rings. The monoisotopic (exact) mass is 213 g/mol. The molecule has 0 heterocycles. The average molecular weight is 214 g/mol. The Bertz CT molecular complexity index is 295. The van der Waals surface area contributed by atoms with Crippen LogP contribution in [0.5, 0.6) is 5.75 Å². The van der Waals surface area contributed by atoms with Crippen molar-refractivity contribution in [3.63, 3.8) is 0 Å². The SMILES string of the molecule is C[CH]OC(=O)COc1ccc(Cl)cc1. The third-order valence-electron chi connectivity index (χ3n) is 1.42. The summed E-state index contributed by atoms with van der Waals surface area (Å²) in [4.78, 5) is 10.9. The zero-order chi connectivity index (χ0) is 10.4. The van der Waals surface area contributed by atoms with Gasteiger partial charge in [0.25, 0.3) is 0 Å². The molecule has 3 nitrogen and oxygen atoms in total. The third kappa shape index (κ3) is 3.66. The fourth-order valence-corrected chi connectivity index (χ4v) is 0.965. The van der Waals surface area contributed by atoms with E-state index in [4.69, 9.17) is 16.3 Å². The largest absolute Gasteiger partial charge is 0.482 e. The molecule has 75 valence electrons. The number of hydrogen-bond acceptors (Lipinski definition) is 3. The highest BCUT2D eigenvalue weighted by Gasteiger charge is 2.02. The summed E-state index contributed by atoms with van der Waals surface area (Å²) >= 11 is 5.67. The summed E-state index contributed by atoms with van der Waals surface area (Å²) in [6.45, 7) is 2.83. The maximum Gasteiger partial charge on any atom is 0.344 e. The highest BCUT2D eigenvalue weighted by atomic mass is 35.5. The molecule has 0 amide bonds. The van der Waals surface area contributed by atoms with E-state index in [2.05, 4.69) is 4.74 Å². The van der Waals surface area contributed by atoms with Gasteiger partial charge in [-0.2, -0.15) is 0 Å². The Kier molecular flexibility index (Phi) is 4.26. The van der Waals surface area contributed by atoms with Gasteiger partial charge in [-0.3, -0.25) is 0 Å². The molecule has 0 aliphatic carbocycles. The summed E-state index contributed by atoms with van der Waals surface area (Å²) in [5, 5.41) is 0.627. The van der Waals surface area contributed by atoms with Crippen LogP contribution in [0.1, 0.15) is 6.92 Å². The van der Waals surface area contributed by atoms with Crippen LogP contribution < -0.4 is 4.74 Å². The number of esters is 1. The summed E-state index contributed by atoms with van der Waals surface area (Å²) in [6.07, 6.45) is 0. The highest BCUT2D eigenvalue weighted by Crippen LogP contribution is 2.15. The second-order valence-corrected chi connectivity index (χ2v) is 2.90. The first-order valence-electron chi connectivity index (χ1n) is 4.08. The van der Waals surface area contributed by atoms with Crippen LogP contribution in [0.4, 0.5) is 0 Å². The van der Waals surface area contributed by atoms with Crippen LogP contribution in [0.15, 0.2) is 24.3 Å². The number of rotatable bonds is 4. The average Bonchev–Trinajstić information content (AvgIpc) is 2.17. The van der Waals surface area contributed by atoms with Crippen LogP contribution >= 0.6 is 11.6 Å². The van der Waals surface area contributed by atoms with Crippen molar-refractivity contribution in [3.05, 3.63) is 35.9 Å². The summed E-state index contributed by atoms with van der Waals surface area (Å²) in [5.41, 5.74) is 0. The lowest BCUT2D eigenvalue weighted by Crippen LogP contribution is -2.12. The number of hydrogen-bond donors (Lipinski definition) is 0. The summed E-state index contributed by atoms with van der Waals surface area (Å²) in [5.74, 6) is 0.157. The minimum Gasteiger partial charge on any atom is -0.482 e. The molecule has 0 bridgehead atoms. The van der Waals surface area contributed by atoms with E-state index in [0.717, 1.165) is 0 Å². The molecule has 0 saturated heterocycles. The molecule has 0 spiro atoms. The predicted octanol–water partition coefficient (Wildman–Crippen LogP) is 2.44. The molecule has 14 heavy (non-hydrogen) atoms. The minimum absolute atomic E-state index is 0.105. The van der Waals surface area contributed by atoms with Gasteiger partial charge in [-0.25, -0.2) is 4.79 Å². The molecule has 4 heteroatoms. The number of ether oxygens (including phenoxy) is 2. The van der Waals surface area contributed by atoms with E-state index in [1.165, 1.54) is 6.61 Å². The highest BCUT2D eigenvalue weighted by molar-refractivity contribution is 6.30. The maximum absolute atomic E-state index is 10.9. The number of halogens is 1. The van der Waals surface area contributed by atoms with Crippen LogP contribution in [0.25, 0.3) is 0 Å². The zero-order valence-corrected chi connectivity index (χ0v) is 8.45. The van der Waals surface area contributed by atoms with Gasteiger partial charge in [0.05, 0.1) is 0 Å². The van der Waals surface area contributed by atoms with Crippen molar-refractivity contribution in [2.45, 2.75) is 6.92 Å². The van der Waals surface area contributed by atoms with E-state index in [1.807, 2.05) is 0 Å². The van der Waals surface area contributed by atoms with Crippen molar-refractivity contribution in [2.75, 3.05) is 6.61 Å². The van der Waals surface area contributed by atoms with Gasteiger partial charge in [-0.15, -0.1) is 0 Å². The van der Waals surface area contributed by atoms with Gasteiger partial charge >= 0.3 is 5.97 Å². The summed E-state index contributed by atoms with van der Waals surface area (Å²) in [7, 11) is 0. The molecule has 1 rings (SSSR count). The standard InChI is InChI=1S/C10H10ClO3/c1-2-13-10(12)7-14-9-5-3-8(11)4-6-9/h2-6H,7H2,1H3. The van der Waals surface area contributed by atoms with Crippen molar-refractivity contribution in [1.82, 2.24) is 0 Å². The van der Waals surface area contributed by atoms with E-state index >= 15 is 0 Å². The Hall–Kier alpha value is -1.22. The Morgan fingerprint density at radius 1 is 1.43 bits per heavy atom. The van der Waals surface area contributed by atoms with Gasteiger partial charge in [-0.1, -0.05) is 11.6 Å². The molecule has 1 radical (unpaired) electrons. The molecule has 0 aromatic heterocycles. The molecular formula is C10H10ClO3. The Labute approximate surface area is 87.6 Å². The van der Waals surface area contributed by atoms with Crippen LogP contribution in [0.3, 0.4) is 0 Å². The van der Waals surface area contributed by atoms with Crippen LogP contribution in [-0.2, 0) is 9.53 Å². The summed E-state index contributed by atoms with van der Waals surface area (Å²) in [6, 6.07) is 6.75. The van der Waals surface area contributed by atoms with E-state index in [9.17, 15) is 4.79 Å². The molecule has 0 aliphatic rings. The van der Waals surface area contributed by atoms with Gasteiger partial charge in [0.15, 0.2) is 6.61 Å². The van der Waals surface area contributed by atoms with Crippen LogP contribution in [-0.4, -0.2) is 12.6 Å². The van der Waals surface area contributed by atoms with Crippen molar-refractivity contribution >= 4 is 17.6 Å². The molecule has 0 atom stereocenters. The van der Waals surface area contributed by atoms with Crippen molar-refractivity contribution in [1.29, 1.82) is 0 Å². The molecule has 0 saturated carbocycles. The van der Waals surface area contributed by atoms with Crippen molar-refractivity contribution < 1.29 is 14.3 Å². The fourth-order valence-electron chi connectivity index (χ4n) is 0.839. The lowest BCUT2D eigenvalue weighted by Gasteiger charge is -2.04. The first-order chi connectivity index (χ1) is 6.72. The van der Waals surface area contributed by atoms with Crippen LogP contribution in [0, 0.1) is 6.61 Å². The van der Waals surface area contributed by atoms with Crippen molar-refractivity contribution in [2.24, 2.45) is 0 Å². The second-order valence-electron chi connectivity index (χ2n) is 2.47. The Morgan fingerprint density at radius 2 is 2.07 bits per heavy atom. The Balaban J connectivity index is 2.38. The molecule has 0 aliphatic heterocycles. The van der Waals surface area contributed by atoms with Gasteiger partial charge in [0, 0.05) is 5.02 Å². The number of carbonyl (C=O) groups excluding carboxylic acids is 1. The second kappa shape index (κ2) is 5.50. The minimum atomic E-state index is -0.428. The summed E-state index contributed by atoms with van der Waals surface area (Å²) < 4.78 is 9.69. The Morgan fingerprint density at radius 3 is 2.64 bits per heavy atom. The lowest BCUT2D eigenvalue weighted by atomic mass is 10.3. The first kappa shape index (κ1) is 10.9. The predicted molar refractivity (Wildman–Crippen MR) is 53.0 cm³/mol. The van der Waals surface area contributed by atoms with Gasteiger partial charge < -0.3 is 9.47 Å². The van der Waals surface area contributed by atoms with Gasteiger partial charge in [0.2, 0.25) is 0 Å². The molecule has 1 aromatic rings. The number of carbonyl (C=O) groups is 1. The van der Waals surface area contributed by atoms with E-state index in [1.54, 1.807) is 31.2 Å². The number of benzene rings is 1. The zero-order valence-electron chi connectivity index (χ0n) is 7.70. The van der Waals surface area contributed by atoms with Crippen LogP contribution in [0.2, 0.25) is 5.02 Å². The first-order valence-corrected chi connectivity index (χ1v) is 4.46. The van der Waals surface area contributed by atoms with Crippen molar-refractivity contribution in [3.8, 4) is 5.75 Å². The quantitative estimate of drug-likeness (QED) is 0.721. The fraction of sp³-hybridized carbons (Fsp3) is 0.200. The molecule has 0 N–H and O–H groups in total. The lowest BCUT2D eigenvalue weighted by molar-refractivity contribution is -0.142. The smallest absolute Gasteiger partial charge is 0.344 e. The molecule has 0 unspecified atom stereocenters. The third-order valence-corrected chi connectivity index (χ3v) is 1.67. The van der Waals surface area contributed by atoms with E-state index in [0.29, 0.717) is 10.8 Å². The molecule has 1 aromatic carbocycles. The topological polar surface area (TPSA) is 35.5 Å². The normalized spacial score (nSPS) is 9.57. The van der Waals surface area contributed by atoms with Gasteiger partial charge in [-0.05, 0) is 31.2 Å². The maximum atomic E-state index is 10.9. The molecular weight excluding hydrogens is 204 g/mol. The van der Waals surface area contributed by atoms with E-state index in [-0.39, 0.29) is 6.61 Å². The van der Waals surface area contributed by atoms with E-state index < -0.39 is 5.97 Å².